The number of likely N-dealkylation sites (N-methyl/N-ethyl adjacent to an activating group) is 1. The highest BCUT2D eigenvalue weighted by atomic mass is 35.5. The number of nitrogens with zero attached hydrogens (tertiary/aromatic N) is 2. The molecule has 2 unspecified atom stereocenters. The molecule has 5 nitrogen and oxygen atoms in total. The molecule has 0 aromatic heterocycles. The number of alkyl halides is 5. The molecule has 1 saturated heterocycles. The molecule has 26 heavy (non-hydrogen) atoms. The molecule has 1 heterocycles. The van der Waals surface area contributed by atoms with Gasteiger partial charge >= 0.3 is 6.61 Å². The van der Waals surface area contributed by atoms with Crippen molar-refractivity contribution in [2.45, 2.75) is 34.7 Å². The molecule has 1 saturated carbocycles. The summed E-state index contributed by atoms with van der Waals surface area (Å²) >= 11 is 18.0. The summed E-state index contributed by atoms with van der Waals surface area (Å²) in [5, 5.41) is 0. The van der Waals surface area contributed by atoms with E-state index in [1.807, 2.05) is 0 Å². The zero-order valence-electron chi connectivity index (χ0n) is 13.6. The number of rotatable bonds is 5. The van der Waals surface area contributed by atoms with Crippen molar-refractivity contribution in [2.24, 2.45) is 0 Å². The number of carbonyl (C=O) groups is 2. The summed E-state index contributed by atoms with van der Waals surface area (Å²) in [7, 11) is 1.47. The van der Waals surface area contributed by atoms with Gasteiger partial charge in [-0.25, -0.2) is 0 Å². The molecule has 1 aromatic carbocycles. The molecule has 3 rings (SSSR count). The molecular formula is C16H15Cl3F2N2O3. The molecule has 2 aliphatic rings. The lowest BCUT2D eigenvalue weighted by atomic mass is 10.2. The number of halogens is 5. The van der Waals surface area contributed by atoms with Gasteiger partial charge in [-0.3, -0.25) is 9.59 Å². The summed E-state index contributed by atoms with van der Waals surface area (Å²) in [6.45, 7) is -2.64. The van der Waals surface area contributed by atoms with E-state index in [0.717, 1.165) is 0 Å². The molecule has 2 amide bonds. The van der Waals surface area contributed by atoms with Gasteiger partial charge in [-0.2, -0.15) is 8.78 Å². The lowest BCUT2D eigenvalue weighted by Gasteiger charge is -2.26. The van der Waals surface area contributed by atoms with Gasteiger partial charge in [0.25, 0.3) is 0 Å². The maximum atomic E-state index is 12.7. The molecule has 0 spiro atoms. The Morgan fingerprint density at radius 3 is 2.62 bits per heavy atom. The quantitative estimate of drug-likeness (QED) is 0.677. The topological polar surface area (TPSA) is 49.9 Å². The smallest absolute Gasteiger partial charge is 0.387 e. The molecule has 1 aromatic rings. The fourth-order valence-corrected chi connectivity index (χ4v) is 4.06. The van der Waals surface area contributed by atoms with Crippen molar-refractivity contribution in [3.05, 3.63) is 24.3 Å². The van der Waals surface area contributed by atoms with Crippen LogP contribution in [0.2, 0.25) is 0 Å². The van der Waals surface area contributed by atoms with Crippen molar-refractivity contribution in [2.75, 3.05) is 18.5 Å². The molecule has 0 bridgehead atoms. The molecule has 0 radical (unpaired) electrons. The average molecular weight is 428 g/mol. The van der Waals surface area contributed by atoms with Crippen LogP contribution in [0.25, 0.3) is 0 Å². The third-order valence-electron chi connectivity index (χ3n) is 4.58. The lowest BCUT2D eigenvalue weighted by molar-refractivity contribution is -0.137. The van der Waals surface area contributed by atoms with E-state index >= 15 is 0 Å². The average Bonchev–Trinajstić information content (AvgIpc) is 2.88. The van der Waals surface area contributed by atoms with E-state index in [-0.39, 0.29) is 18.1 Å². The summed E-state index contributed by atoms with van der Waals surface area (Å²) in [5.74, 6) is -0.908. The minimum absolute atomic E-state index is 0.0510. The fourth-order valence-electron chi connectivity index (χ4n) is 3.02. The van der Waals surface area contributed by atoms with Crippen molar-refractivity contribution >= 4 is 52.3 Å². The second-order valence-corrected chi connectivity index (χ2v) is 8.40. The van der Waals surface area contributed by atoms with E-state index < -0.39 is 27.8 Å². The van der Waals surface area contributed by atoms with Crippen molar-refractivity contribution in [1.29, 1.82) is 0 Å². The Labute approximate surface area is 163 Å². The molecular weight excluding hydrogens is 413 g/mol. The summed E-state index contributed by atoms with van der Waals surface area (Å²) in [4.78, 5) is 26.5. The van der Waals surface area contributed by atoms with E-state index in [9.17, 15) is 18.4 Å². The maximum absolute atomic E-state index is 12.7. The third kappa shape index (κ3) is 3.32. The third-order valence-corrected chi connectivity index (χ3v) is 6.30. The first-order valence-electron chi connectivity index (χ1n) is 7.77. The van der Waals surface area contributed by atoms with Crippen LogP contribution in [0.4, 0.5) is 14.5 Å². The second kappa shape index (κ2) is 6.69. The lowest BCUT2D eigenvalue weighted by Crippen LogP contribution is -2.47. The van der Waals surface area contributed by atoms with E-state index in [4.69, 9.17) is 34.8 Å². The van der Waals surface area contributed by atoms with Gasteiger partial charge in [0.15, 0.2) is 4.87 Å². The minimum Gasteiger partial charge on any atom is -0.435 e. The highest BCUT2D eigenvalue weighted by Gasteiger charge is 2.72. The van der Waals surface area contributed by atoms with Gasteiger partial charge in [0.1, 0.15) is 16.1 Å². The standard InChI is InChI=1S/C16H15Cl3F2N2O3/c1-22(13(25)15(17)8-16(15,18)19)11-5-6-23(12(11)24)9-3-2-4-10(7-9)26-14(20)21/h2-4,7,11,14H,5-6,8H2,1H3. The molecule has 10 heteroatoms. The van der Waals surface area contributed by atoms with Crippen molar-refractivity contribution in [3.8, 4) is 5.75 Å². The summed E-state index contributed by atoms with van der Waals surface area (Å²) in [5.41, 5.74) is 0.410. The van der Waals surface area contributed by atoms with Crippen LogP contribution in [0.1, 0.15) is 12.8 Å². The predicted molar refractivity (Wildman–Crippen MR) is 94.2 cm³/mol. The Morgan fingerprint density at radius 2 is 2.04 bits per heavy atom. The Kier molecular flexibility index (Phi) is 5.01. The van der Waals surface area contributed by atoms with E-state index in [1.54, 1.807) is 6.07 Å². The second-order valence-electron chi connectivity index (χ2n) is 6.27. The van der Waals surface area contributed by atoms with Crippen molar-refractivity contribution in [3.63, 3.8) is 0 Å². The predicted octanol–water partition coefficient (Wildman–Crippen LogP) is 3.41. The molecule has 0 N–H and O–H groups in total. The largest absolute Gasteiger partial charge is 0.435 e. The SMILES string of the molecule is CN(C(=O)C1(Cl)CC1(Cl)Cl)C1CCN(c2cccc(OC(F)F)c2)C1=O. The zero-order chi connectivity index (χ0) is 19.3. The van der Waals surface area contributed by atoms with Gasteiger partial charge < -0.3 is 14.5 Å². The molecule has 2 fully saturated rings. The van der Waals surface area contributed by atoms with Crippen LogP contribution in [0.15, 0.2) is 24.3 Å². The number of hydrogen-bond acceptors (Lipinski definition) is 3. The maximum Gasteiger partial charge on any atom is 0.387 e. The number of amides is 2. The first-order valence-corrected chi connectivity index (χ1v) is 8.90. The molecule has 1 aliphatic heterocycles. The normalized spacial score (nSPS) is 27.0. The highest BCUT2D eigenvalue weighted by molar-refractivity contribution is 6.62. The van der Waals surface area contributed by atoms with Crippen molar-refractivity contribution in [1.82, 2.24) is 4.90 Å². The van der Waals surface area contributed by atoms with Crippen LogP contribution < -0.4 is 9.64 Å². The summed E-state index contributed by atoms with van der Waals surface area (Å²) in [6.07, 6.45) is 0.469. The number of ether oxygens (including phenoxy) is 1. The Bertz CT molecular complexity index is 749. The van der Waals surface area contributed by atoms with Gasteiger partial charge in [-0.1, -0.05) is 29.3 Å². The Hall–Kier alpha value is -1.31. The minimum atomic E-state index is -2.96. The number of carbonyl (C=O) groups excluding carboxylic acids is 2. The number of anilines is 1. The van der Waals surface area contributed by atoms with E-state index in [0.29, 0.717) is 18.7 Å². The number of hydrogen-bond donors (Lipinski definition) is 0. The van der Waals surface area contributed by atoms with Gasteiger partial charge in [0, 0.05) is 31.8 Å². The van der Waals surface area contributed by atoms with Crippen molar-refractivity contribution < 1.29 is 23.1 Å². The summed E-state index contributed by atoms with van der Waals surface area (Å²) < 4.78 is 27.7. The van der Waals surface area contributed by atoms with Crippen LogP contribution in [0, 0.1) is 0 Å². The van der Waals surface area contributed by atoms with Crippen LogP contribution in [-0.4, -0.2) is 52.2 Å². The fraction of sp³-hybridized carbons (Fsp3) is 0.500. The van der Waals surface area contributed by atoms with Crippen LogP contribution >= 0.6 is 34.8 Å². The monoisotopic (exact) mass is 426 g/mol. The summed E-state index contributed by atoms with van der Waals surface area (Å²) in [6, 6.07) is 5.10. The van der Waals surface area contributed by atoms with Gasteiger partial charge in [-0.15, -0.1) is 11.6 Å². The van der Waals surface area contributed by atoms with Gasteiger partial charge in [0.2, 0.25) is 11.8 Å². The molecule has 1 aliphatic carbocycles. The first kappa shape index (κ1) is 19.5. The molecule has 2 atom stereocenters. The van der Waals surface area contributed by atoms with Crippen LogP contribution in [-0.2, 0) is 9.59 Å². The number of benzene rings is 1. The van der Waals surface area contributed by atoms with E-state index in [2.05, 4.69) is 4.74 Å². The first-order chi connectivity index (χ1) is 12.1. The van der Waals surface area contributed by atoms with E-state index in [1.165, 1.54) is 35.0 Å². The Morgan fingerprint density at radius 1 is 1.38 bits per heavy atom. The van der Waals surface area contributed by atoms with Gasteiger partial charge in [-0.05, 0) is 18.6 Å². The Balaban J connectivity index is 1.73. The zero-order valence-corrected chi connectivity index (χ0v) is 15.9. The highest BCUT2D eigenvalue weighted by Crippen LogP contribution is 2.62. The van der Waals surface area contributed by atoms with Gasteiger partial charge in [0.05, 0.1) is 0 Å². The van der Waals surface area contributed by atoms with Crippen LogP contribution in [0.3, 0.4) is 0 Å². The van der Waals surface area contributed by atoms with Crippen LogP contribution in [0.5, 0.6) is 5.75 Å². The molecule has 142 valence electrons.